The van der Waals surface area contributed by atoms with Gasteiger partial charge in [0.2, 0.25) is 5.91 Å². The van der Waals surface area contributed by atoms with E-state index in [-0.39, 0.29) is 5.91 Å². The van der Waals surface area contributed by atoms with Crippen LogP contribution in [0.1, 0.15) is 41.6 Å². The number of nitrogens with two attached hydrogens (primary N) is 1. The first-order valence-corrected chi connectivity index (χ1v) is 7.58. The highest BCUT2D eigenvalue weighted by Crippen LogP contribution is 2.29. The zero-order chi connectivity index (χ0) is 13.9. The Balaban J connectivity index is 1.61. The van der Waals surface area contributed by atoms with Crippen molar-refractivity contribution in [2.24, 2.45) is 5.73 Å². The van der Waals surface area contributed by atoms with E-state index in [1.165, 1.54) is 31.2 Å². The lowest BCUT2D eigenvalue weighted by molar-refractivity contribution is 0.100. The molecule has 1 aliphatic carbocycles. The molecule has 4 heteroatoms. The van der Waals surface area contributed by atoms with Gasteiger partial charge in [-0.1, -0.05) is 12.1 Å². The highest BCUT2D eigenvalue weighted by atomic mass is 16.1. The van der Waals surface area contributed by atoms with Crippen LogP contribution in [0.3, 0.4) is 0 Å². The first kappa shape index (κ1) is 13.6. The number of primary amides is 1. The van der Waals surface area contributed by atoms with Gasteiger partial charge in [0.25, 0.3) is 0 Å². The fourth-order valence-corrected chi connectivity index (χ4v) is 2.99. The molecule has 1 amide bonds. The molecule has 3 N–H and O–H groups in total. The van der Waals surface area contributed by atoms with Crippen molar-refractivity contribution in [3.63, 3.8) is 0 Å². The first-order chi connectivity index (χ1) is 9.72. The van der Waals surface area contributed by atoms with E-state index in [4.69, 9.17) is 5.73 Å². The standard InChI is InChI=1S/C16H23N3O/c17-16(20)13-5-3-12(4-6-13)10-19(15-7-8-15)11-14-2-1-9-18-14/h3-6,14-15,18H,1-2,7-11H2,(H2,17,20)/t14-/m1/s1. The van der Waals surface area contributed by atoms with Gasteiger partial charge in [-0.2, -0.15) is 0 Å². The molecule has 0 unspecified atom stereocenters. The van der Waals surface area contributed by atoms with Crippen LogP contribution in [0.25, 0.3) is 0 Å². The molecule has 3 rings (SSSR count). The molecule has 1 aliphatic heterocycles. The molecule has 1 heterocycles. The largest absolute Gasteiger partial charge is 0.366 e. The fraction of sp³-hybridized carbons (Fsp3) is 0.562. The zero-order valence-electron chi connectivity index (χ0n) is 11.8. The van der Waals surface area contributed by atoms with Crippen molar-refractivity contribution in [1.29, 1.82) is 0 Å². The molecule has 1 atom stereocenters. The normalized spacial score (nSPS) is 22.4. The quantitative estimate of drug-likeness (QED) is 0.826. The van der Waals surface area contributed by atoms with Gasteiger partial charge >= 0.3 is 0 Å². The third-order valence-electron chi connectivity index (χ3n) is 4.30. The van der Waals surface area contributed by atoms with Gasteiger partial charge < -0.3 is 11.1 Å². The van der Waals surface area contributed by atoms with E-state index >= 15 is 0 Å². The van der Waals surface area contributed by atoms with Crippen LogP contribution in [-0.2, 0) is 6.54 Å². The molecule has 1 saturated heterocycles. The summed E-state index contributed by atoms with van der Waals surface area (Å²) in [6, 6.07) is 9.12. The summed E-state index contributed by atoms with van der Waals surface area (Å²) in [5, 5.41) is 3.58. The van der Waals surface area contributed by atoms with E-state index in [9.17, 15) is 4.79 Å². The molecular formula is C16H23N3O. The summed E-state index contributed by atoms with van der Waals surface area (Å²) in [5.74, 6) is -0.356. The van der Waals surface area contributed by atoms with Crippen LogP contribution < -0.4 is 11.1 Å². The van der Waals surface area contributed by atoms with Gasteiger partial charge in [-0.05, 0) is 49.9 Å². The number of hydrogen-bond donors (Lipinski definition) is 2. The summed E-state index contributed by atoms with van der Waals surface area (Å²) in [5.41, 5.74) is 7.13. The van der Waals surface area contributed by atoms with E-state index in [1.54, 1.807) is 0 Å². The van der Waals surface area contributed by atoms with Crippen molar-refractivity contribution in [1.82, 2.24) is 10.2 Å². The maximum absolute atomic E-state index is 11.1. The lowest BCUT2D eigenvalue weighted by Gasteiger charge is -2.25. The van der Waals surface area contributed by atoms with E-state index in [0.717, 1.165) is 25.7 Å². The molecule has 108 valence electrons. The SMILES string of the molecule is NC(=O)c1ccc(CN(C[C@H]2CCCN2)C2CC2)cc1. The topological polar surface area (TPSA) is 58.4 Å². The summed E-state index contributed by atoms with van der Waals surface area (Å²) in [4.78, 5) is 13.7. The van der Waals surface area contributed by atoms with Crippen molar-refractivity contribution in [2.75, 3.05) is 13.1 Å². The maximum Gasteiger partial charge on any atom is 0.248 e. The minimum absolute atomic E-state index is 0.356. The van der Waals surface area contributed by atoms with E-state index in [0.29, 0.717) is 11.6 Å². The second kappa shape index (κ2) is 5.94. The average Bonchev–Trinajstić information content (AvgIpc) is 3.17. The Morgan fingerprint density at radius 3 is 2.55 bits per heavy atom. The lowest BCUT2D eigenvalue weighted by Crippen LogP contribution is -2.38. The summed E-state index contributed by atoms with van der Waals surface area (Å²) >= 11 is 0. The van der Waals surface area contributed by atoms with Crippen LogP contribution in [0.4, 0.5) is 0 Å². The predicted octanol–water partition coefficient (Wildman–Crippen LogP) is 1.50. The molecule has 2 aliphatic rings. The number of benzene rings is 1. The molecule has 0 spiro atoms. The number of rotatable bonds is 6. The zero-order valence-corrected chi connectivity index (χ0v) is 11.8. The number of hydrogen-bond acceptors (Lipinski definition) is 3. The van der Waals surface area contributed by atoms with Gasteiger partial charge in [-0.15, -0.1) is 0 Å². The van der Waals surface area contributed by atoms with Crippen molar-refractivity contribution < 1.29 is 4.79 Å². The molecule has 20 heavy (non-hydrogen) atoms. The van der Waals surface area contributed by atoms with E-state index in [1.807, 2.05) is 24.3 Å². The van der Waals surface area contributed by atoms with Crippen molar-refractivity contribution in [3.8, 4) is 0 Å². The highest BCUT2D eigenvalue weighted by molar-refractivity contribution is 5.92. The van der Waals surface area contributed by atoms with E-state index < -0.39 is 0 Å². The molecule has 1 aromatic carbocycles. The van der Waals surface area contributed by atoms with Crippen LogP contribution >= 0.6 is 0 Å². The third-order valence-corrected chi connectivity index (χ3v) is 4.30. The monoisotopic (exact) mass is 273 g/mol. The Labute approximate surface area is 120 Å². The molecule has 0 radical (unpaired) electrons. The Bertz CT molecular complexity index is 461. The Hall–Kier alpha value is -1.39. The molecule has 2 fully saturated rings. The number of amides is 1. The van der Waals surface area contributed by atoms with Crippen molar-refractivity contribution in [2.45, 2.75) is 44.3 Å². The summed E-state index contributed by atoms with van der Waals surface area (Å²) in [7, 11) is 0. The van der Waals surface area contributed by atoms with Crippen molar-refractivity contribution >= 4 is 5.91 Å². The smallest absolute Gasteiger partial charge is 0.248 e. The van der Waals surface area contributed by atoms with Gasteiger partial charge in [0, 0.05) is 30.7 Å². The molecule has 1 aromatic rings. The van der Waals surface area contributed by atoms with E-state index in [2.05, 4.69) is 10.2 Å². The maximum atomic E-state index is 11.1. The van der Waals surface area contributed by atoms with Crippen molar-refractivity contribution in [3.05, 3.63) is 35.4 Å². The van der Waals surface area contributed by atoms with Gasteiger partial charge in [-0.3, -0.25) is 9.69 Å². The lowest BCUT2D eigenvalue weighted by atomic mass is 10.1. The second-order valence-corrected chi connectivity index (χ2v) is 6.02. The Morgan fingerprint density at radius 1 is 1.25 bits per heavy atom. The Kier molecular flexibility index (Phi) is 4.03. The number of carbonyl (C=O) groups is 1. The molecular weight excluding hydrogens is 250 g/mol. The van der Waals surface area contributed by atoms with Crippen LogP contribution in [0.2, 0.25) is 0 Å². The highest BCUT2D eigenvalue weighted by Gasteiger charge is 2.31. The van der Waals surface area contributed by atoms with Crippen LogP contribution in [-0.4, -0.2) is 36.0 Å². The number of nitrogens with zero attached hydrogens (tertiary/aromatic N) is 1. The van der Waals surface area contributed by atoms with Crippen LogP contribution in [0.15, 0.2) is 24.3 Å². The second-order valence-electron chi connectivity index (χ2n) is 6.02. The number of nitrogens with one attached hydrogen (secondary N) is 1. The Morgan fingerprint density at radius 2 is 2.00 bits per heavy atom. The molecule has 0 aromatic heterocycles. The van der Waals surface area contributed by atoms with Gasteiger partial charge in [0.1, 0.15) is 0 Å². The van der Waals surface area contributed by atoms with Gasteiger partial charge in [0.05, 0.1) is 0 Å². The molecule has 1 saturated carbocycles. The number of carbonyl (C=O) groups excluding carboxylic acids is 1. The van der Waals surface area contributed by atoms with Gasteiger partial charge in [0.15, 0.2) is 0 Å². The average molecular weight is 273 g/mol. The van der Waals surface area contributed by atoms with Crippen LogP contribution in [0.5, 0.6) is 0 Å². The van der Waals surface area contributed by atoms with Crippen LogP contribution in [0, 0.1) is 0 Å². The molecule has 0 bridgehead atoms. The first-order valence-electron chi connectivity index (χ1n) is 7.58. The third kappa shape index (κ3) is 3.38. The fourth-order valence-electron chi connectivity index (χ4n) is 2.99. The minimum Gasteiger partial charge on any atom is -0.366 e. The summed E-state index contributed by atoms with van der Waals surface area (Å²) < 4.78 is 0. The summed E-state index contributed by atoms with van der Waals surface area (Å²) in [6.45, 7) is 3.28. The minimum atomic E-state index is -0.356. The molecule has 4 nitrogen and oxygen atoms in total. The van der Waals surface area contributed by atoms with Gasteiger partial charge in [-0.25, -0.2) is 0 Å². The predicted molar refractivity (Wildman–Crippen MR) is 79.4 cm³/mol. The summed E-state index contributed by atoms with van der Waals surface area (Å²) in [6.07, 6.45) is 5.25.